The summed E-state index contributed by atoms with van der Waals surface area (Å²) in [6, 6.07) is 21.4. The van der Waals surface area contributed by atoms with Crippen LogP contribution < -0.4 is 10.2 Å². The van der Waals surface area contributed by atoms with Crippen molar-refractivity contribution < 1.29 is 4.79 Å². The Morgan fingerprint density at radius 3 is 2.46 bits per heavy atom. The van der Waals surface area contributed by atoms with E-state index in [1.54, 1.807) is 11.1 Å². The summed E-state index contributed by atoms with van der Waals surface area (Å²) in [5, 5.41) is 3.47. The fourth-order valence-electron chi connectivity index (χ4n) is 3.00. The summed E-state index contributed by atoms with van der Waals surface area (Å²) in [5.74, 6) is 0.609. The summed E-state index contributed by atoms with van der Waals surface area (Å²) in [6.45, 7) is 2.05. The number of benzene rings is 2. The van der Waals surface area contributed by atoms with Crippen LogP contribution in [0.15, 0.2) is 72.9 Å². The standard InChI is InChI=1S/C20H17N3O/c1-14-9-11-15(12-10-14)22-19-16-6-2-3-7-17(16)20(24)23(19)18-8-4-5-13-21-18/h2-13,19,22H,1H3/t19-/m0/s1. The molecule has 1 aliphatic rings. The number of carbonyl (C=O) groups is 1. The topological polar surface area (TPSA) is 45.2 Å². The summed E-state index contributed by atoms with van der Waals surface area (Å²) in [6.07, 6.45) is 1.43. The van der Waals surface area contributed by atoms with Crippen LogP contribution in [0.5, 0.6) is 0 Å². The lowest BCUT2D eigenvalue weighted by Gasteiger charge is -2.26. The number of carbonyl (C=O) groups excluding carboxylic acids is 1. The quantitative estimate of drug-likeness (QED) is 0.789. The van der Waals surface area contributed by atoms with Gasteiger partial charge in [0.1, 0.15) is 12.0 Å². The van der Waals surface area contributed by atoms with Crippen LogP contribution in [0.4, 0.5) is 11.5 Å². The molecule has 1 atom stereocenters. The third-order valence-corrected chi connectivity index (χ3v) is 4.21. The molecule has 0 saturated heterocycles. The summed E-state index contributed by atoms with van der Waals surface area (Å²) in [5.41, 5.74) is 3.85. The van der Waals surface area contributed by atoms with Gasteiger partial charge in [0, 0.05) is 23.0 Å². The Morgan fingerprint density at radius 2 is 1.71 bits per heavy atom. The van der Waals surface area contributed by atoms with Gasteiger partial charge in [0.05, 0.1) is 0 Å². The van der Waals surface area contributed by atoms with Gasteiger partial charge in [-0.05, 0) is 37.3 Å². The van der Waals surface area contributed by atoms with Crippen molar-refractivity contribution in [1.29, 1.82) is 0 Å². The van der Waals surface area contributed by atoms with Gasteiger partial charge >= 0.3 is 0 Å². The highest BCUT2D eigenvalue weighted by Crippen LogP contribution is 2.37. The Kier molecular flexibility index (Phi) is 3.50. The lowest BCUT2D eigenvalue weighted by Crippen LogP contribution is -2.32. The van der Waals surface area contributed by atoms with Gasteiger partial charge < -0.3 is 5.32 Å². The highest BCUT2D eigenvalue weighted by atomic mass is 16.2. The molecule has 0 unspecified atom stereocenters. The molecule has 0 radical (unpaired) electrons. The first kappa shape index (κ1) is 14.5. The van der Waals surface area contributed by atoms with E-state index >= 15 is 0 Å². The Labute approximate surface area is 140 Å². The fourth-order valence-corrected chi connectivity index (χ4v) is 3.00. The Morgan fingerprint density at radius 1 is 0.958 bits per heavy atom. The van der Waals surface area contributed by atoms with Crippen molar-refractivity contribution in [3.05, 3.63) is 89.6 Å². The first-order chi connectivity index (χ1) is 11.7. The second-order valence-electron chi connectivity index (χ2n) is 5.86. The van der Waals surface area contributed by atoms with Crippen LogP contribution >= 0.6 is 0 Å². The van der Waals surface area contributed by atoms with E-state index in [0.717, 1.165) is 11.3 Å². The number of hydrogen-bond acceptors (Lipinski definition) is 3. The molecular formula is C20H17N3O. The second-order valence-corrected chi connectivity index (χ2v) is 5.86. The van der Waals surface area contributed by atoms with Crippen molar-refractivity contribution in [2.24, 2.45) is 0 Å². The molecule has 1 aliphatic heterocycles. The highest BCUT2D eigenvalue weighted by molar-refractivity contribution is 6.10. The molecule has 0 aliphatic carbocycles. The van der Waals surface area contributed by atoms with E-state index in [0.29, 0.717) is 11.4 Å². The molecule has 4 heteroatoms. The molecule has 0 fully saturated rings. The minimum absolute atomic E-state index is 0.0334. The number of pyridine rings is 1. The number of nitrogens with zero attached hydrogens (tertiary/aromatic N) is 2. The lowest BCUT2D eigenvalue weighted by molar-refractivity contribution is 0.0992. The SMILES string of the molecule is Cc1ccc(N[C@@H]2c3ccccc3C(=O)N2c2ccccn2)cc1. The van der Waals surface area contributed by atoms with E-state index < -0.39 is 0 Å². The highest BCUT2D eigenvalue weighted by Gasteiger charge is 2.38. The minimum atomic E-state index is -0.272. The summed E-state index contributed by atoms with van der Waals surface area (Å²) in [4.78, 5) is 19.0. The van der Waals surface area contributed by atoms with Gasteiger partial charge in [-0.2, -0.15) is 0 Å². The molecule has 1 N–H and O–H groups in total. The van der Waals surface area contributed by atoms with Crippen LogP contribution in [0.3, 0.4) is 0 Å². The Bertz CT molecular complexity index is 875. The Balaban J connectivity index is 1.77. The van der Waals surface area contributed by atoms with Crippen molar-refractivity contribution >= 4 is 17.4 Å². The monoisotopic (exact) mass is 315 g/mol. The van der Waals surface area contributed by atoms with Gasteiger partial charge in [0.15, 0.2) is 0 Å². The molecule has 118 valence electrons. The normalized spacial score (nSPS) is 16.1. The zero-order chi connectivity index (χ0) is 16.5. The largest absolute Gasteiger partial charge is 0.361 e. The lowest BCUT2D eigenvalue weighted by atomic mass is 10.1. The summed E-state index contributed by atoms with van der Waals surface area (Å²) >= 11 is 0. The maximum absolute atomic E-state index is 12.9. The number of nitrogens with one attached hydrogen (secondary N) is 1. The fraction of sp³-hybridized carbons (Fsp3) is 0.100. The molecule has 0 saturated carbocycles. The van der Waals surface area contributed by atoms with Crippen molar-refractivity contribution in [2.75, 3.05) is 10.2 Å². The van der Waals surface area contributed by atoms with Crippen LogP contribution in [0.25, 0.3) is 0 Å². The van der Waals surface area contributed by atoms with E-state index in [1.165, 1.54) is 5.56 Å². The number of amides is 1. The van der Waals surface area contributed by atoms with E-state index in [2.05, 4.69) is 29.4 Å². The third-order valence-electron chi connectivity index (χ3n) is 4.21. The molecule has 4 nitrogen and oxygen atoms in total. The molecule has 0 bridgehead atoms. The van der Waals surface area contributed by atoms with Crippen LogP contribution in [-0.4, -0.2) is 10.9 Å². The number of rotatable bonds is 3. The number of aromatic nitrogens is 1. The Hall–Kier alpha value is -3.14. The van der Waals surface area contributed by atoms with Gasteiger partial charge in [-0.3, -0.25) is 9.69 Å². The molecule has 4 rings (SSSR count). The molecule has 24 heavy (non-hydrogen) atoms. The number of hydrogen-bond donors (Lipinski definition) is 1. The average molecular weight is 315 g/mol. The zero-order valence-corrected chi connectivity index (χ0v) is 13.3. The van der Waals surface area contributed by atoms with Crippen molar-refractivity contribution in [1.82, 2.24) is 4.98 Å². The average Bonchev–Trinajstić information content (AvgIpc) is 2.90. The first-order valence-corrected chi connectivity index (χ1v) is 7.91. The number of anilines is 2. The van der Waals surface area contributed by atoms with Gasteiger partial charge in [-0.25, -0.2) is 4.98 Å². The van der Waals surface area contributed by atoms with E-state index in [1.807, 2.05) is 54.6 Å². The molecule has 0 spiro atoms. The molecule has 1 aromatic heterocycles. The van der Waals surface area contributed by atoms with Crippen LogP contribution in [-0.2, 0) is 0 Å². The molecular weight excluding hydrogens is 298 g/mol. The second kappa shape index (κ2) is 5.81. The summed E-state index contributed by atoms with van der Waals surface area (Å²) in [7, 11) is 0. The molecule has 2 aromatic carbocycles. The first-order valence-electron chi connectivity index (χ1n) is 7.91. The van der Waals surface area contributed by atoms with Gasteiger partial charge in [-0.1, -0.05) is 42.0 Å². The number of aryl methyl sites for hydroxylation is 1. The predicted molar refractivity (Wildman–Crippen MR) is 95.0 cm³/mol. The maximum Gasteiger partial charge on any atom is 0.261 e. The maximum atomic E-state index is 12.9. The molecule has 1 amide bonds. The van der Waals surface area contributed by atoms with E-state index in [-0.39, 0.29) is 12.1 Å². The van der Waals surface area contributed by atoms with Gasteiger partial charge in [0.2, 0.25) is 0 Å². The van der Waals surface area contributed by atoms with E-state index in [4.69, 9.17) is 0 Å². The van der Waals surface area contributed by atoms with Gasteiger partial charge in [0.25, 0.3) is 5.91 Å². The molecule has 2 heterocycles. The molecule has 3 aromatic rings. The zero-order valence-electron chi connectivity index (χ0n) is 13.3. The summed E-state index contributed by atoms with van der Waals surface area (Å²) < 4.78 is 0. The third kappa shape index (κ3) is 2.42. The van der Waals surface area contributed by atoms with Crippen molar-refractivity contribution in [3.8, 4) is 0 Å². The van der Waals surface area contributed by atoms with Crippen LogP contribution in [0.1, 0.15) is 27.7 Å². The predicted octanol–water partition coefficient (Wildman–Crippen LogP) is 4.16. The van der Waals surface area contributed by atoms with Crippen molar-refractivity contribution in [3.63, 3.8) is 0 Å². The minimum Gasteiger partial charge on any atom is -0.361 e. The van der Waals surface area contributed by atoms with Gasteiger partial charge in [-0.15, -0.1) is 0 Å². The van der Waals surface area contributed by atoms with Crippen LogP contribution in [0.2, 0.25) is 0 Å². The number of fused-ring (bicyclic) bond motifs is 1. The van der Waals surface area contributed by atoms with Crippen molar-refractivity contribution in [2.45, 2.75) is 13.1 Å². The smallest absolute Gasteiger partial charge is 0.261 e. The van der Waals surface area contributed by atoms with Crippen LogP contribution in [0, 0.1) is 6.92 Å². The van der Waals surface area contributed by atoms with E-state index in [9.17, 15) is 4.79 Å².